The highest BCUT2D eigenvalue weighted by molar-refractivity contribution is 5.70. The smallest absolute Gasteiger partial charge is 0.308 e. The maximum atomic E-state index is 11.1. The topological polar surface area (TPSA) is 71.2 Å². The van der Waals surface area contributed by atoms with Crippen LogP contribution in [0, 0.1) is 11.8 Å². The number of nitrogens with zero attached hydrogens (tertiary/aromatic N) is 4. The molecule has 21 heavy (non-hydrogen) atoms. The number of carboxylic acids is 1. The molecular weight excluding hydrogens is 268 g/mol. The van der Waals surface area contributed by atoms with Crippen LogP contribution in [-0.4, -0.2) is 49.9 Å². The second kappa shape index (κ2) is 5.75. The van der Waals surface area contributed by atoms with E-state index < -0.39 is 5.97 Å². The van der Waals surface area contributed by atoms with Crippen LogP contribution in [0.4, 0.5) is 0 Å². The summed E-state index contributed by atoms with van der Waals surface area (Å²) in [5.74, 6) is 1.45. The molecule has 3 rings (SSSR count). The fourth-order valence-electron chi connectivity index (χ4n) is 3.41. The van der Waals surface area contributed by atoms with Gasteiger partial charge in [0.15, 0.2) is 5.82 Å². The van der Waals surface area contributed by atoms with Crippen LogP contribution in [0.3, 0.4) is 0 Å². The van der Waals surface area contributed by atoms with E-state index in [-0.39, 0.29) is 5.92 Å². The molecule has 1 aromatic heterocycles. The van der Waals surface area contributed by atoms with Gasteiger partial charge in [0.25, 0.3) is 0 Å². The highest BCUT2D eigenvalue weighted by atomic mass is 16.4. The summed E-state index contributed by atoms with van der Waals surface area (Å²) in [7, 11) is 0. The summed E-state index contributed by atoms with van der Waals surface area (Å²) < 4.78 is 1.81. The summed E-state index contributed by atoms with van der Waals surface area (Å²) in [6.45, 7) is 7.24. The van der Waals surface area contributed by atoms with Crippen molar-refractivity contribution in [1.82, 2.24) is 19.7 Å². The summed E-state index contributed by atoms with van der Waals surface area (Å²) in [6, 6.07) is 0.606. The predicted octanol–water partition coefficient (Wildman–Crippen LogP) is 1.20. The minimum absolute atomic E-state index is 0.310. The molecule has 3 heterocycles. The van der Waals surface area contributed by atoms with Gasteiger partial charge >= 0.3 is 5.97 Å². The van der Waals surface area contributed by atoms with E-state index >= 15 is 0 Å². The second-order valence-electron chi connectivity index (χ2n) is 6.65. The Balaban J connectivity index is 1.62. The third kappa shape index (κ3) is 3.10. The van der Waals surface area contributed by atoms with Crippen LogP contribution in [0.5, 0.6) is 0 Å². The Morgan fingerprint density at radius 3 is 2.86 bits per heavy atom. The zero-order chi connectivity index (χ0) is 15.0. The Morgan fingerprint density at radius 2 is 2.19 bits per heavy atom. The molecule has 0 aromatic carbocycles. The van der Waals surface area contributed by atoms with E-state index in [1.165, 1.54) is 6.42 Å². The molecule has 1 saturated heterocycles. The first kappa shape index (κ1) is 14.5. The quantitative estimate of drug-likeness (QED) is 0.903. The Kier molecular flexibility index (Phi) is 3.97. The minimum Gasteiger partial charge on any atom is -0.481 e. The zero-order valence-electron chi connectivity index (χ0n) is 12.8. The van der Waals surface area contributed by atoms with E-state index in [1.54, 1.807) is 0 Å². The van der Waals surface area contributed by atoms with Gasteiger partial charge in [-0.25, -0.2) is 9.67 Å². The maximum absolute atomic E-state index is 11.1. The van der Waals surface area contributed by atoms with E-state index in [2.05, 4.69) is 28.8 Å². The van der Waals surface area contributed by atoms with Gasteiger partial charge in [0.1, 0.15) is 5.82 Å². The van der Waals surface area contributed by atoms with Crippen molar-refractivity contribution in [2.75, 3.05) is 13.1 Å². The lowest BCUT2D eigenvalue weighted by Crippen LogP contribution is -2.28. The molecule has 116 valence electrons. The molecule has 1 N–H and O–H groups in total. The van der Waals surface area contributed by atoms with Crippen LogP contribution >= 0.6 is 0 Å². The van der Waals surface area contributed by atoms with Crippen molar-refractivity contribution in [3.05, 3.63) is 11.6 Å². The van der Waals surface area contributed by atoms with Gasteiger partial charge in [-0.3, -0.25) is 4.79 Å². The highest BCUT2D eigenvalue weighted by Gasteiger charge is 2.29. The number of carbonyl (C=O) groups is 1. The van der Waals surface area contributed by atoms with E-state index in [0.29, 0.717) is 24.9 Å². The van der Waals surface area contributed by atoms with Gasteiger partial charge < -0.3 is 10.0 Å². The molecule has 1 aromatic rings. The van der Waals surface area contributed by atoms with Crippen molar-refractivity contribution in [3.63, 3.8) is 0 Å². The number of aliphatic carboxylic acids is 1. The first-order chi connectivity index (χ1) is 10.0. The predicted molar refractivity (Wildman–Crippen MR) is 78.0 cm³/mol. The fraction of sp³-hybridized carbons (Fsp3) is 0.800. The van der Waals surface area contributed by atoms with Crippen molar-refractivity contribution in [1.29, 1.82) is 0 Å². The largest absolute Gasteiger partial charge is 0.481 e. The SMILES string of the molecule is CC(C)N1CCC(Cc2nc3n(n2)CC(C(=O)O)CC3)C1. The molecule has 2 unspecified atom stereocenters. The van der Waals surface area contributed by atoms with Crippen LogP contribution in [0.1, 0.15) is 38.3 Å². The van der Waals surface area contributed by atoms with E-state index in [4.69, 9.17) is 5.11 Å². The van der Waals surface area contributed by atoms with Crippen LogP contribution in [0.15, 0.2) is 0 Å². The lowest BCUT2D eigenvalue weighted by Gasteiger charge is -2.19. The summed E-state index contributed by atoms with van der Waals surface area (Å²) in [5, 5.41) is 13.7. The van der Waals surface area contributed by atoms with E-state index in [1.807, 2.05) is 4.68 Å². The molecule has 0 radical (unpaired) electrons. The molecule has 2 aliphatic rings. The second-order valence-corrected chi connectivity index (χ2v) is 6.65. The van der Waals surface area contributed by atoms with Crippen molar-refractivity contribution in [2.24, 2.45) is 11.8 Å². The van der Waals surface area contributed by atoms with Crippen LogP contribution in [0.25, 0.3) is 0 Å². The van der Waals surface area contributed by atoms with Crippen molar-refractivity contribution < 1.29 is 9.90 Å². The van der Waals surface area contributed by atoms with Crippen molar-refractivity contribution >= 4 is 5.97 Å². The van der Waals surface area contributed by atoms with Crippen LogP contribution < -0.4 is 0 Å². The highest BCUT2D eigenvalue weighted by Crippen LogP contribution is 2.23. The van der Waals surface area contributed by atoms with Crippen LogP contribution in [0.2, 0.25) is 0 Å². The number of hydrogen-bond donors (Lipinski definition) is 1. The normalized spacial score (nSPS) is 26.2. The Hall–Kier alpha value is -1.43. The number of aryl methyl sites for hydroxylation is 1. The van der Waals surface area contributed by atoms with Crippen molar-refractivity contribution in [3.8, 4) is 0 Å². The average Bonchev–Trinajstić information content (AvgIpc) is 3.03. The molecule has 2 atom stereocenters. The Morgan fingerprint density at radius 1 is 1.38 bits per heavy atom. The molecular formula is C15H24N4O2. The summed E-state index contributed by atoms with van der Waals surface area (Å²) in [4.78, 5) is 18.2. The van der Waals surface area contributed by atoms with Gasteiger partial charge in [0.2, 0.25) is 0 Å². The van der Waals surface area contributed by atoms with Gasteiger partial charge in [-0.05, 0) is 39.2 Å². The van der Waals surface area contributed by atoms with Gasteiger partial charge in [-0.2, -0.15) is 5.10 Å². The van der Waals surface area contributed by atoms with Crippen molar-refractivity contribution in [2.45, 2.75) is 52.1 Å². The monoisotopic (exact) mass is 292 g/mol. The maximum Gasteiger partial charge on any atom is 0.308 e. The van der Waals surface area contributed by atoms with Crippen LogP contribution in [-0.2, 0) is 24.2 Å². The number of rotatable bonds is 4. The molecule has 0 amide bonds. The number of hydrogen-bond acceptors (Lipinski definition) is 4. The number of fused-ring (bicyclic) bond motifs is 1. The number of likely N-dealkylation sites (tertiary alicyclic amines) is 1. The molecule has 0 spiro atoms. The average molecular weight is 292 g/mol. The summed E-state index contributed by atoms with van der Waals surface area (Å²) in [5.41, 5.74) is 0. The molecule has 1 fully saturated rings. The zero-order valence-corrected chi connectivity index (χ0v) is 12.8. The first-order valence-electron chi connectivity index (χ1n) is 7.92. The lowest BCUT2D eigenvalue weighted by atomic mass is 10.0. The Labute approximate surface area is 125 Å². The third-order valence-electron chi connectivity index (χ3n) is 4.77. The molecule has 2 aliphatic heterocycles. The summed E-state index contributed by atoms with van der Waals surface area (Å²) >= 11 is 0. The van der Waals surface area contributed by atoms with Gasteiger partial charge in [0, 0.05) is 25.4 Å². The first-order valence-corrected chi connectivity index (χ1v) is 7.92. The van der Waals surface area contributed by atoms with Gasteiger partial charge in [0.05, 0.1) is 12.5 Å². The van der Waals surface area contributed by atoms with E-state index in [0.717, 1.165) is 37.6 Å². The Bertz CT molecular complexity index is 526. The van der Waals surface area contributed by atoms with Gasteiger partial charge in [-0.15, -0.1) is 0 Å². The standard InChI is InChI=1S/C15H24N4O2/c1-10(2)18-6-5-11(8-18)7-13-16-14-4-3-12(15(20)21)9-19(14)17-13/h10-12H,3-9H2,1-2H3,(H,20,21). The minimum atomic E-state index is -0.721. The number of aromatic nitrogens is 3. The molecule has 6 heteroatoms. The third-order valence-corrected chi connectivity index (χ3v) is 4.77. The summed E-state index contributed by atoms with van der Waals surface area (Å²) in [6.07, 6.45) is 3.53. The van der Waals surface area contributed by atoms with E-state index in [9.17, 15) is 4.79 Å². The molecule has 0 aliphatic carbocycles. The van der Waals surface area contributed by atoms with Gasteiger partial charge in [-0.1, -0.05) is 0 Å². The molecule has 6 nitrogen and oxygen atoms in total. The molecule has 0 saturated carbocycles. The molecule has 0 bridgehead atoms. The number of carboxylic acid groups (broad SMARTS) is 1. The lowest BCUT2D eigenvalue weighted by molar-refractivity contribution is -0.142. The fourth-order valence-corrected chi connectivity index (χ4v) is 3.41.